The number of para-hydroxylation sites is 1. The number of benzene rings is 1. The number of amides is 1. The van der Waals surface area contributed by atoms with Gasteiger partial charge in [-0.2, -0.15) is 0 Å². The van der Waals surface area contributed by atoms with E-state index in [9.17, 15) is 4.79 Å². The number of rotatable bonds is 4. The fourth-order valence-corrected chi connectivity index (χ4v) is 5.35. The Hall–Kier alpha value is -1.42. The van der Waals surface area contributed by atoms with Crippen LogP contribution in [0.3, 0.4) is 0 Å². The molecule has 0 radical (unpaired) electrons. The van der Waals surface area contributed by atoms with Gasteiger partial charge in [0, 0.05) is 25.4 Å². The minimum atomic E-state index is 0.368. The van der Waals surface area contributed by atoms with Crippen LogP contribution in [0.1, 0.15) is 62.3 Å². The number of hydrogen-bond acceptors (Lipinski definition) is 3. The molecule has 1 aliphatic heterocycles. The lowest BCUT2D eigenvalue weighted by Gasteiger charge is -2.32. The molecule has 1 aromatic heterocycles. The molecule has 2 aliphatic rings. The lowest BCUT2D eigenvalue weighted by atomic mass is 9.97. The molecule has 1 saturated carbocycles. The number of nitrogens with zero attached hydrogens (tertiary/aromatic N) is 2. The zero-order valence-corrected chi connectivity index (χ0v) is 15.1. The lowest BCUT2D eigenvalue weighted by molar-refractivity contribution is -0.132. The third kappa shape index (κ3) is 3.49. The highest BCUT2D eigenvalue weighted by molar-refractivity contribution is 7.18. The Morgan fingerprint density at radius 3 is 2.83 bits per heavy atom. The van der Waals surface area contributed by atoms with Crippen LogP contribution in [-0.4, -0.2) is 28.9 Å². The van der Waals surface area contributed by atoms with Gasteiger partial charge in [0.15, 0.2) is 0 Å². The fourth-order valence-electron chi connectivity index (χ4n) is 4.25. The Labute approximate surface area is 148 Å². The topological polar surface area (TPSA) is 33.2 Å². The molecule has 1 amide bonds. The molecule has 0 spiro atoms. The third-order valence-corrected chi connectivity index (χ3v) is 6.87. The Morgan fingerprint density at radius 1 is 1.17 bits per heavy atom. The first kappa shape index (κ1) is 16.1. The van der Waals surface area contributed by atoms with Crippen molar-refractivity contribution in [1.29, 1.82) is 0 Å². The first-order chi connectivity index (χ1) is 11.8. The van der Waals surface area contributed by atoms with Gasteiger partial charge in [-0.05, 0) is 37.3 Å². The number of aromatic nitrogens is 1. The van der Waals surface area contributed by atoms with Crippen LogP contribution in [0.25, 0.3) is 10.2 Å². The molecule has 0 bridgehead atoms. The molecule has 128 valence electrons. The van der Waals surface area contributed by atoms with Crippen LogP contribution in [0.2, 0.25) is 0 Å². The molecule has 4 heteroatoms. The van der Waals surface area contributed by atoms with Crippen LogP contribution in [0, 0.1) is 5.92 Å². The molecule has 2 aromatic rings. The minimum Gasteiger partial charge on any atom is -0.342 e. The van der Waals surface area contributed by atoms with Gasteiger partial charge < -0.3 is 4.90 Å². The average molecular weight is 343 g/mol. The summed E-state index contributed by atoms with van der Waals surface area (Å²) in [5, 5.41) is 1.21. The maximum Gasteiger partial charge on any atom is 0.222 e. The van der Waals surface area contributed by atoms with Crippen molar-refractivity contribution in [2.75, 3.05) is 13.1 Å². The second kappa shape index (κ2) is 7.22. The van der Waals surface area contributed by atoms with Crippen molar-refractivity contribution in [2.24, 2.45) is 5.92 Å². The summed E-state index contributed by atoms with van der Waals surface area (Å²) >= 11 is 1.80. The number of piperidine rings is 1. The van der Waals surface area contributed by atoms with Gasteiger partial charge in [-0.3, -0.25) is 4.79 Å². The number of carbonyl (C=O) groups excluding carboxylic acids is 1. The van der Waals surface area contributed by atoms with E-state index in [1.165, 1.54) is 35.4 Å². The summed E-state index contributed by atoms with van der Waals surface area (Å²) in [6, 6.07) is 8.35. The van der Waals surface area contributed by atoms with Crippen LogP contribution in [0.5, 0.6) is 0 Å². The number of thiazole rings is 1. The van der Waals surface area contributed by atoms with E-state index < -0.39 is 0 Å². The van der Waals surface area contributed by atoms with E-state index in [2.05, 4.69) is 23.1 Å². The van der Waals surface area contributed by atoms with E-state index in [-0.39, 0.29) is 0 Å². The molecule has 2 heterocycles. The summed E-state index contributed by atoms with van der Waals surface area (Å²) in [7, 11) is 0. The van der Waals surface area contributed by atoms with Gasteiger partial charge in [0.25, 0.3) is 0 Å². The summed E-state index contributed by atoms with van der Waals surface area (Å²) < 4.78 is 1.26. The van der Waals surface area contributed by atoms with Gasteiger partial charge in [0.2, 0.25) is 5.91 Å². The first-order valence-electron chi connectivity index (χ1n) is 9.43. The van der Waals surface area contributed by atoms with Crippen LogP contribution in [0.15, 0.2) is 24.3 Å². The predicted molar refractivity (Wildman–Crippen MR) is 99.4 cm³/mol. The molecule has 1 saturated heterocycles. The Bertz CT molecular complexity index is 671. The van der Waals surface area contributed by atoms with Gasteiger partial charge in [-0.1, -0.05) is 37.8 Å². The van der Waals surface area contributed by atoms with Gasteiger partial charge in [0.05, 0.1) is 15.2 Å². The van der Waals surface area contributed by atoms with Gasteiger partial charge in [-0.15, -0.1) is 11.3 Å². The molecule has 1 aromatic carbocycles. The van der Waals surface area contributed by atoms with Gasteiger partial charge in [0.1, 0.15) is 0 Å². The van der Waals surface area contributed by atoms with E-state index in [1.54, 1.807) is 11.3 Å². The smallest absolute Gasteiger partial charge is 0.222 e. The molecular weight excluding hydrogens is 316 g/mol. The van der Waals surface area contributed by atoms with Crippen LogP contribution in [-0.2, 0) is 4.79 Å². The molecule has 4 rings (SSSR count). The van der Waals surface area contributed by atoms with Crippen molar-refractivity contribution >= 4 is 27.5 Å². The van der Waals surface area contributed by atoms with Crippen LogP contribution in [0.4, 0.5) is 0 Å². The fraction of sp³-hybridized carbons (Fsp3) is 0.600. The zero-order valence-electron chi connectivity index (χ0n) is 14.2. The Balaban J connectivity index is 1.38. The van der Waals surface area contributed by atoms with E-state index in [0.29, 0.717) is 11.8 Å². The number of likely N-dealkylation sites (tertiary alicyclic amines) is 1. The van der Waals surface area contributed by atoms with Crippen molar-refractivity contribution in [3.05, 3.63) is 29.3 Å². The Kier molecular flexibility index (Phi) is 4.83. The minimum absolute atomic E-state index is 0.368. The first-order valence-corrected chi connectivity index (χ1v) is 10.2. The van der Waals surface area contributed by atoms with Crippen molar-refractivity contribution in [3.8, 4) is 0 Å². The molecule has 1 aliphatic carbocycles. The second-order valence-electron chi connectivity index (χ2n) is 7.39. The molecule has 1 atom stereocenters. The summed E-state index contributed by atoms with van der Waals surface area (Å²) in [5.74, 6) is 1.60. The maximum absolute atomic E-state index is 12.6. The normalized spacial score (nSPS) is 22.3. The summed E-state index contributed by atoms with van der Waals surface area (Å²) in [4.78, 5) is 19.5. The summed E-state index contributed by atoms with van der Waals surface area (Å²) in [6.07, 6.45) is 9.51. The highest BCUT2D eigenvalue weighted by Crippen LogP contribution is 2.34. The van der Waals surface area contributed by atoms with E-state index in [0.717, 1.165) is 50.2 Å². The molecule has 3 nitrogen and oxygen atoms in total. The SMILES string of the molecule is O=C(CCC1CCCC1)N1CCCC(c2nc3ccccc3s2)C1. The van der Waals surface area contributed by atoms with E-state index in [4.69, 9.17) is 4.98 Å². The average Bonchev–Trinajstić information content (AvgIpc) is 3.29. The van der Waals surface area contributed by atoms with Crippen molar-refractivity contribution < 1.29 is 4.79 Å². The third-order valence-electron chi connectivity index (χ3n) is 5.67. The molecule has 2 fully saturated rings. The van der Waals surface area contributed by atoms with E-state index >= 15 is 0 Å². The predicted octanol–water partition coefficient (Wildman–Crippen LogP) is 4.97. The van der Waals surface area contributed by atoms with Crippen molar-refractivity contribution in [3.63, 3.8) is 0 Å². The van der Waals surface area contributed by atoms with Crippen molar-refractivity contribution in [1.82, 2.24) is 9.88 Å². The second-order valence-corrected chi connectivity index (χ2v) is 8.45. The van der Waals surface area contributed by atoms with Gasteiger partial charge >= 0.3 is 0 Å². The number of fused-ring (bicyclic) bond motifs is 1. The number of hydrogen-bond donors (Lipinski definition) is 0. The largest absolute Gasteiger partial charge is 0.342 e. The summed E-state index contributed by atoms with van der Waals surface area (Å²) in [5.41, 5.74) is 1.10. The van der Waals surface area contributed by atoms with E-state index in [1.807, 2.05) is 6.07 Å². The molecule has 1 unspecified atom stereocenters. The van der Waals surface area contributed by atoms with Crippen LogP contribution < -0.4 is 0 Å². The maximum atomic E-state index is 12.6. The lowest BCUT2D eigenvalue weighted by Crippen LogP contribution is -2.39. The quantitative estimate of drug-likeness (QED) is 0.786. The zero-order chi connectivity index (χ0) is 16.4. The summed E-state index contributed by atoms with van der Waals surface area (Å²) in [6.45, 7) is 1.80. The molecular formula is C20H26N2OS. The highest BCUT2D eigenvalue weighted by Gasteiger charge is 2.27. The Morgan fingerprint density at radius 2 is 2.00 bits per heavy atom. The monoisotopic (exact) mass is 342 g/mol. The molecule has 0 N–H and O–H groups in total. The van der Waals surface area contributed by atoms with Crippen molar-refractivity contribution in [2.45, 2.75) is 57.3 Å². The van der Waals surface area contributed by atoms with Crippen LogP contribution >= 0.6 is 11.3 Å². The highest BCUT2D eigenvalue weighted by atomic mass is 32.1. The van der Waals surface area contributed by atoms with Gasteiger partial charge in [-0.25, -0.2) is 4.98 Å². The standard InChI is InChI=1S/C20H26N2OS/c23-19(12-11-15-6-1-2-7-15)22-13-5-8-16(14-22)20-21-17-9-3-4-10-18(17)24-20/h3-4,9-10,15-16H,1-2,5-8,11-14H2. The molecule has 24 heavy (non-hydrogen) atoms. The number of carbonyl (C=O) groups is 1.